The Morgan fingerprint density at radius 2 is 1.71 bits per heavy atom. The number of imidazole rings is 2. The number of fused-ring (bicyclic) bond motifs is 1. The highest BCUT2D eigenvalue weighted by Gasteiger charge is 2.40. The monoisotopic (exact) mass is 567 g/mol. The molecule has 4 heterocycles. The Kier molecular flexibility index (Phi) is 6.70. The van der Waals surface area contributed by atoms with E-state index in [2.05, 4.69) is 20.1 Å². The maximum absolute atomic E-state index is 13.8. The number of piperazine rings is 1. The molecule has 0 aliphatic carbocycles. The van der Waals surface area contributed by atoms with Crippen LogP contribution in [0.2, 0.25) is 0 Å². The molecule has 1 saturated heterocycles. The second kappa shape index (κ2) is 9.71. The minimum atomic E-state index is -4.43. The molecule has 4 aromatic rings. The lowest BCUT2D eigenvalue weighted by Gasteiger charge is -2.46. The fourth-order valence-corrected chi connectivity index (χ4v) is 5.15. The van der Waals surface area contributed by atoms with E-state index in [-0.39, 0.29) is 17.5 Å². The van der Waals surface area contributed by atoms with Gasteiger partial charge in [0.25, 0.3) is 11.8 Å². The maximum atomic E-state index is 13.8. The molecule has 1 fully saturated rings. The van der Waals surface area contributed by atoms with Gasteiger partial charge in [0, 0.05) is 30.8 Å². The molecule has 41 heavy (non-hydrogen) atoms. The normalized spacial score (nSPS) is 15.9. The SMILES string of the molecule is Cc1ncc(C(=O)N2CCN(C(=O)c3cn4nc(-c5ccc(C(F)(F)F)cc5)cc(C(C)(C)C)c4n3)C(C)(C)C2)[nH]1. The van der Waals surface area contributed by atoms with E-state index in [0.717, 1.165) is 17.7 Å². The molecule has 0 bridgehead atoms. The third-order valence-corrected chi connectivity index (χ3v) is 7.33. The van der Waals surface area contributed by atoms with Gasteiger partial charge in [-0.25, -0.2) is 14.5 Å². The molecule has 9 nitrogen and oxygen atoms in total. The predicted octanol–water partition coefficient (Wildman–Crippen LogP) is 5.12. The number of aryl methyl sites for hydroxylation is 1. The van der Waals surface area contributed by atoms with E-state index in [9.17, 15) is 22.8 Å². The summed E-state index contributed by atoms with van der Waals surface area (Å²) in [6, 6.07) is 6.65. The number of rotatable bonds is 3. The molecule has 3 aromatic heterocycles. The van der Waals surface area contributed by atoms with Crippen LogP contribution in [-0.2, 0) is 11.6 Å². The Bertz CT molecular complexity index is 1630. The Hall–Kier alpha value is -4.22. The molecule has 0 unspecified atom stereocenters. The van der Waals surface area contributed by atoms with Crippen molar-refractivity contribution in [1.29, 1.82) is 0 Å². The Morgan fingerprint density at radius 1 is 1.02 bits per heavy atom. The molecule has 2 amide bonds. The highest BCUT2D eigenvalue weighted by molar-refractivity contribution is 5.95. The molecule has 1 aromatic carbocycles. The van der Waals surface area contributed by atoms with Gasteiger partial charge in [0.2, 0.25) is 0 Å². The Morgan fingerprint density at radius 3 is 2.27 bits per heavy atom. The summed E-state index contributed by atoms with van der Waals surface area (Å²) in [4.78, 5) is 41.9. The first-order valence-corrected chi connectivity index (χ1v) is 13.3. The quantitative estimate of drug-likeness (QED) is 0.371. The number of hydrogen-bond donors (Lipinski definition) is 1. The molecule has 5 rings (SSSR count). The second-order valence-corrected chi connectivity index (χ2v) is 12.0. The molecule has 1 N–H and O–H groups in total. The van der Waals surface area contributed by atoms with Crippen LogP contribution in [0.15, 0.2) is 42.7 Å². The molecule has 216 valence electrons. The van der Waals surface area contributed by atoms with Gasteiger partial charge >= 0.3 is 6.18 Å². The lowest BCUT2D eigenvalue weighted by atomic mass is 9.87. The van der Waals surface area contributed by atoms with Crippen molar-refractivity contribution in [1.82, 2.24) is 34.4 Å². The number of alkyl halides is 3. The number of aromatic amines is 1. The molecule has 0 saturated carbocycles. The fraction of sp³-hybridized carbons (Fsp3) is 0.414. The molecule has 0 spiro atoms. The molecule has 1 aliphatic rings. The van der Waals surface area contributed by atoms with Crippen LogP contribution >= 0.6 is 0 Å². The summed E-state index contributed by atoms with van der Waals surface area (Å²) in [6.45, 7) is 12.6. The van der Waals surface area contributed by atoms with Crippen molar-refractivity contribution in [2.24, 2.45) is 0 Å². The summed E-state index contributed by atoms with van der Waals surface area (Å²) in [5.74, 6) is 0.187. The van der Waals surface area contributed by atoms with Gasteiger partial charge in [0.15, 0.2) is 5.65 Å². The number of hydrogen-bond acceptors (Lipinski definition) is 5. The van der Waals surface area contributed by atoms with Crippen LogP contribution in [0.4, 0.5) is 13.2 Å². The summed E-state index contributed by atoms with van der Waals surface area (Å²) < 4.78 is 40.8. The molecule has 0 radical (unpaired) electrons. The Labute approximate surface area is 235 Å². The van der Waals surface area contributed by atoms with Crippen molar-refractivity contribution in [2.45, 2.75) is 58.7 Å². The highest BCUT2D eigenvalue weighted by Crippen LogP contribution is 2.33. The third-order valence-electron chi connectivity index (χ3n) is 7.33. The van der Waals surface area contributed by atoms with Gasteiger partial charge < -0.3 is 14.8 Å². The number of nitrogens with one attached hydrogen (secondary N) is 1. The minimum absolute atomic E-state index is 0.173. The largest absolute Gasteiger partial charge is 0.416 e. The molecule has 0 atom stereocenters. The van der Waals surface area contributed by atoms with E-state index in [4.69, 9.17) is 0 Å². The van der Waals surface area contributed by atoms with E-state index >= 15 is 0 Å². The van der Waals surface area contributed by atoms with E-state index in [1.807, 2.05) is 40.7 Å². The maximum Gasteiger partial charge on any atom is 0.416 e. The average molecular weight is 568 g/mol. The van der Waals surface area contributed by atoms with Crippen molar-refractivity contribution in [3.63, 3.8) is 0 Å². The van der Waals surface area contributed by atoms with Crippen LogP contribution in [0.3, 0.4) is 0 Å². The van der Waals surface area contributed by atoms with Crippen molar-refractivity contribution in [3.05, 3.63) is 71.1 Å². The first kappa shape index (κ1) is 28.3. The van der Waals surface area contributed by atoms with E-state index in [0.29, 0.717) is 48.1 Å². The van der Waals surface area contributed by atoms with Gasteiger partial charge in [0.1, 0.15) is 17.2 Å². The zero-order chi connectivity index (χ0) is 29.9. The number of H-pyrrole nitrogens is 1. The van der Waals surface area contributed by atoms with E-state index < -0.39 is 22.7 Å². The van der Waals surface area contributed by atoms with Crippen molar-refractivity contribution < 1.29 is 22.8 Å². The van der Waals surface area contributed by atoms with Gasteiger partial charge in [-0.05, 0) is 44.4 Å². The lowest BCUT2D eigenvalue weighted by Crippen LogP contribution is -2.62. The number of halogens is 3. The smallest absolute Gasteiger partial charge is 0.338 e. The summed E-state index contributed by atoms with van der Waals surface area (Å²) in [7, 11) is 0. The second-order valence-electron chi connectivity index (χ2n) is 12.0. The predicted molar refractivity (Wildman–Crippen MR) is 146 cm³/mol. The minimum Gasteiger partial charge on any atom is -0.338 e. The standard InChI is InChI=1S/C29H32F3N7O2/c1-17-33-14-22(34-17)25(40)37-11-12-38(28(5,6)16-37)26(41)23-15-39-24(35-23)20(27(2,3)4)13-21(36-39)18-7-9-19(10-8-18)29(30,31)32/h7-10,13-15H,11-12,16H2,1-6H3,(H,33,34). The van der Waals surface area contributed by atoms with Gasteiger partial charge in [-0.3, -0.25) is 9.59 Å². The van der Waals surface area contributed by atoms with Crippen molar-refractivity contribution in [3.8, 4) is 11.3 Å². The van der Waals surface area contributed by atoms with Gasteiger partial charge in [-0.15, -0.1) is 0 Å². The van der Waals surface area contributed by atoms with Crippen LogP contribution in [-0.4, -0.2) is 71.4 Å². The summed E-state index contributed by atoms with van der Waals surface area (Å²) in [6.07, 6.45) is -1.37. The Balaban J connectivity index is 1.46. The van der Waals surface area contributed by atoms with Crippen LogP contribution in [0, 0.1) is 6.92 Å². The molecular formula is C29H32F3N7O2. The van der Waals surface area contributed by atoms with Crippen LogP contribution in [0.1, 0.15) is 72.5 Å². The van der Waals surface area contributed by atoms with Crippen LogP contribution in [0.5, 0.6) is 0 Å². The molecule has 12 heteroatoms. The number of aromatic nitrogens is 5. The summed E-state index contributed by atoms with van der Waals surface area (Å²) >= 11 is 0. The van der Waals surface area contributed by atoms with E-state index in [1.54, 1.807) is 22.9 Å². The average Bonchev–Trinajstić information content (AvgIpc) is 3.52. The number of carbonyl (C=O) groups excluding carboxylic acids is 2. The summed E-state index contributed by atoms with van der Waals surface area (Å²) in [5, 5.41) is 4.61. The number of amides is 2. The number of carbonyl (C=O) groups is 2. The van der Waals surface area contributed by atoms with Gasteiger partial charge in [0.05, 0.1) is 29.2 Å². The number of nitrogens with zero attached hydrogens (tertiary/aromatic N) is 6. The third kappa shape index (κ3) is 5.42. The van der Waals surface area contributed by atoms with Crippen molar-refractivity contribution >= 4 is 17.5 Å². The first-order valence-electron chi connectivity index (χ1n) is 13.3. The fourth-order valence-electron chi connectivity index (χ4n) is 5.15. The lowest BCUT2D eigenvalue weighted by molar-refractivity contribution is -0.137. The molecule has 1 aliphatic heterocycles. The topological polar surface area (TPSA) is 99.5 Å². The highest BCUT2D eigenvalue weighted by atomic mass is 19.4. The molecular weight excluding hydrogens is 535 g/mol. The van der Waals surface area contributed by atoms with Crippen molar-refractivity contribution in [2.75, 3.05) is 19.6 Å². The van der Waals surface area contributed by atoms with Crippen LogP contribution < -0.4 is 0 Å². The zero-order valence-electron chi connectivity index (χ0n) is 23.8. The first-order chi connectivity index (χ1) is 19.0. The van der Waals surface area contributed by atoms with Crippen LogP contribution in [0.25, 0.3) is 16.9 Å². The summed E-state index contributed by atoms with van der Waals surface area (Å²) in [5.41, 5.74) is 1.07. The zero-order valence-corrected chi connectivity index (χ0v) is 23.8. The number of benzene rings is 1. The van der Waals surface area contributed by atoms with E-state index in [1.165, 1.54) is 22.8 Å². The van der Waals surface area contributed by atoms with Gasteiger partial charge in [-0.2, -0.15) is 18.3 Å². The van der Waals surface area contributed by atoms with Gasteiger partial charge in [-0.1, -0.05) is 32.9 Å².